The van der Waals surface area contributed by atoms with Crippen LogP contribution in [0.1, 0.15) is 18.1 Å². The van der Waals surface area contributed by atoms with Gasteiger partial charge in [0.05, 0.1) is 0 Å². The summed E-state index contributed by atoms with van der Waals surface area (Å²) in [5.41, 5.74) is 2.17. The topological polar surface area (TPSA) is 24.1 Å². The maximum atomic E-state index is 12.8. The molecule has 0 spiro atoms. The fourth-order valence-corrected chi connectivity index (χ4v) is 1.43. The Morgan fingerprint density at radius 3 is 2.60 bits per heavy atom. The first-order valence-electron chi connectivity index (χ1n) is 5.40. The van der Waals surface area contributed by atoms with Gasteiger partial charge in [-0.2, -0.15) is 0 Å². The molecule has 0 aliphatic heterocycles. The van der Waals surface area contributed by atoms with Crippen molar-refractivity contribution < 1.29 is 4.39 Å². The largest absolute Gasteiger partial charge is 0.316 e. The van der Waals surface area contributed by atoms with Crippen molar-refractivity contribution >= 4 is 0 Å². The van der Waals surface area contributed by atoms with E-state index in [0.29, 0.717) is 0 Å². The molecular formula is C12H19FN2. The van der Waals surface area contributed by atoms with E-state index in [1.54, 1.807) is 6.07 Å². The first-order valence-corrected chi connectivity index (χ1v) is 5.40. The van der Waals surface area contributed by atoms with E-state index in [4.69, 9.17) is 0 Å². The number of benzene rings is 1. The second-order valence-corrected chi connectivity index (χ2v) is 3.60. The van der Waals surface area contributed by atoms with Gasteiger partial charge in [-0.1, -0.05) is 13.0 Å². The van der Waals surface area contributed by atoms with Crippen molar-refractivity contribution in [3.05, 3.63) is 35.1 Å². The van der Waals surface area contributed by atoms with Crippen LogP contribution in [-0.4, -0.2) is 19.6 Å². The van der Waals surface area contributed by atoms with Crippen molar-refractivity contribution in [3.8, 4) is 0 Å². The zero-order valence-electron chi connectivity index (χ0n) is 9.44. The molecule has 0 amide bonds. The third-order valence-corrected chi connectivity index (χ3v) is 2.35. The molecule has 0 fully saturated rings. The number of rotatable bonds is 6. The predicted octanol–water partition coefficient (Wildman–Crippen LogP) is 1.83. The van der Waals surface area contributed by atoms with Gasteiger partial charge in [-0.05, 0) is 36.7 Å². The van der Waals surface area contributed by atoms with E-state index in [2.05, 4.69) is 17.6 Å². The summed E-state index contributed by atoms with van der Waals surface area (Å²) in [5.74, 6) is -0.163. The molecule has 0 aliphatic rings. The summed E-state index contributed by atoms with van der Waals surface area (Å²) in [7, 11) is 0. The SMILES string of the molecule is CCNCCNCc1ccc(F)cc1C. The first-order chi connectivity index (χ1) is 7.24. The highest BCUT2D eigenvalue weighted by molar-refractivity contribution is 5.26. The molecule has 0 saturated carbocycles. The van der Waals surface area contributed by atoms with Gasteiger partial charge < -0.3 is 10.6 Å². The molecule has 0 unspecified atom stereocenters. The van der Waals surface area contributed by atoms with E-state index in [1.165, 1.54) is 6.07 Å². The summed E-state index contributed by atoms with van der Waals surface area (Å²) in [5, 5.41) is 6.55. The Morgan fingerprint density at radius 1 is 1.20 bits per heavy atom. The van der Waals surface area contributed by atoms with Gasteiger partial charge >= 0.3 is 0 Å². The molecule has 0 heterocycles. The Bertz CT molecular complexity index is 300. The molecule has 0 atom stereocenters. The molecule has 0 bridgehead atoms. The van der Waals surface area contributed by atoms with Gasteiger partial charge in [-0.15, -0.1) is 0 Å². The molecule has 0 aliphatic carbocycles. The zero-order valence-corrected chi connectivity index (χ0v) is 9.44. The second-order valence-electron chi connectivity index (χ2n) is 3.60. The lowest BCUT2D eigenvalue weighted by atomic mass is 10.1. The molecule has 1 aromatic rings. The third-order valence-electron chi connectivity index (χ3n) is 2.35. The molecule has 1 rings (SSSR count). The van der Waals surface area contributed by atoms with Crippen molar-refractivity contribution in [1.29, 1.82) is 0 Å². The summed E-state index contributed by atoms with van der Waals surface area (Å²) in [6.45, 7) is 7.73. The smallest absolute Gasteiger partial charge is 0.123 e. The van der Waals surface area contributed by atoms with Crippen molar-refractivity contribution in [1.82, 2.24) is 10.6 Å². The maximum absolute atomic E-state index is 12.8. The van der Waals surface area contributed by atoms with E-state index in [0.717, 1.165) is 37.3 Å². The van der Waals surface area contributed by atoms with Crippen LogP contribution in [0.3, 0.4) is 0 Å². The van der Waals surface area contributed by atoms with Crippen LogP contribution < -0.4 is 10.6 Å². The Labute approximate surface area is 90.9 Å². The van der Waals surface area contributed by atoms with Gasteiger partial charge in [0.25, 0.3) is 0 Å². The highest BCUT2D eigenvalue weighted by Crippen LogP contribution is 2.09. The van der Waals surface area contributed by atoms with Crippen molar-refractivity contribution in [2.24, 2.45) is 0 Å². The molecule has 1 aromatic carbocycles. The van der Waals surface area contributed by atoms with E-state index in [1.807, 2.05) is 13.0 Å². The number of aryl methyl sites for hydroxylation is 1. The molecule has 2 N–H and O–H groups in total. The lowest BCUT2D eigenvalue weighted by Gasteiger charge is -2.08. The Balaban J connectivity index is 2.31. The van der Waals surface area contributed by atoms with Gasteiger partial charge in [-0.25, -0.2) is 4.39 Å². The molecular weight excluding hydrogens is 191 g/mol. The van der Waals surface area contributed by atoms with E-state index in [-0.39, 0.29) is 5.82 Å². The predicted molar refractivity (Wildman–Crippen MR) is 61.4 cm³/mol. The van der Waals surface area contributed by atoms with Crippen molar-refractivity contribution in [2.75, 3.05) is 19.6 Å². The average Bonchev–Trinajstić information content (AvgIpc) is 2.20. The lowest BCUT2D eigenvalue weighted by Crippen LogP contribution is -2.26. The van der Waals surface area contributed by atoms with Gasteiger partial charge in [0.1, 0.15) is 5.82 Å². The maximum Gasteiger partial charge on any atom is 0.123 e. The second kappa shape index (κ2) is 6.53. The van der Waals surface area contributed by atoms with Gasteiger partial charge in [0, 0.05) is 19.6 Å². The molecule has 0 saturated heterocycles. The molecule has 0 radical (unpaired) electrons. The minimum atomic E-state index is -0.163. The summed E-state index contributed by atoms with van der Waals surface area (Å²) in [4.78, 5) is 0. The highest BCUT2D eigenvalue weighted by atomic mass is 19.1. The number of likely N-dealkylation sites (N-methyl/N-ethyl adjacent to an activating group) is 1. The normalized spacial score (nSPS) is 10.6. The number of hydrogen-bond acceptors (Lipinski definition) is 2. The summed E-state index contributed by atoms with van der Waals surface area (Å²) >= 11 is 0. The molecule has 15 heavy (non-hydrogen) atoms. The van der Waals surface area contributed by atoms with Crippen LogP contribution >= 0.6 is 0 Å². The number of nitrogens with one attached hydrogen (secondary N) is 2. The molecule has 84 valence electrons. The van der Waals surface area contributed by atoms with Crippen molar-refractivity contribution in [3.63, 3.8) is 0 Å². The highest BCUT2D eigenvalue weighted by Gasteiger charge is 1.98. The van der Waals surface area contributed by atoms with Gasteiger partial charge in [0.2, 0.25) is 0 Å². The lowest BCUT2D eigenvalue weighted by molar-refractivity contribution is 0.614. The minimum absolute atomic E-state index is 0.163. The summed E-state index contributed by atoms with van der Waals surface area (Å²) < 4.78 is 12.8. The molecule has 0 aromatic heterocycles. The fraction of sp³-hybridized carbons (Fsp3) is 0.500. The van der Waals surface area contributed by atoms with Crippen LogP contribution in [0.15, 0.2) is 18.2 Å². The standard InChI is InChI=1S/C12H19FN2/c1-3-14-6-7-15-9-11-4-5-12(13)8-10(11)2/h4-5,8,14-15H,3,6-7,9H2,1-2H3. The van der Waals surface area contributed by atoms with Crippen LogP contribution in [0.4, 0.5) is 4.39 Å². The third kappa shape index (κ3) is 4.40. The first kappa shape index (κ1) is 12.1. The quantitative estimate of drug-likeness (QED) is 0.700. The Morgan fingerprint density at radius 2 is 1.93 bits per heavy atom. The van der Waals surface area contributed by atoms with Crippen LogP contribution in [0, 0.1) is 12.7 Å². The van der Waals surface area contributed by atoms with Crippen LogP contribution in [0.25, 0.3) is 0 Å². The average molecular weight is 210 g/mol. The fourth-order valence-electron chi connectivity index (χ4n) is 1.43. The van der Waals surface area contributed by atoms with Gasteiger partial charge in [0.15, 0.2) is 0 Å². The number of halogens is 1. The minimum Gasteiger partial charge on any atom is -0.316 e. The Kier molecular flexibility index (Phi) is 5.29. The molecule has 2 nitrogen and oxygen atoms in total. The van der Waals surface area contributed by atoms with Crippen LogP contribution in [0.2, 0.25) is 0 Å². The molecule has 3 heteroatoms. The summed E-state index contributed by atoms with van der Waals surface area (Å²) in [6.07, 6.45) is 0. The van der Waals surface area contributed by atoms with E-state index >= 15 is 0 Å². The summed E-state index contributed by atoms with van der Waals surface area (Å²) in [6, 6.07) is 4.92. The number of hydrogen-bond donors (Lipinski definition) is 2. The Hall–Kier alpha value is -0.930. The monoisotopic (exact) mass is 210 g/mol. The van der Waals surface area contributed by atoms with Gasteiger partial charge in [-0.3, -0.25) is 0 Å². The zero-order chi connectivity index (χ0) is 11.1. The van der Waals surface area contributed by atoms with E-state index < -0.39 is 0 Å². The van der Waals surface area contributed by atoms with Crippen LogP contribution in [0.5, 0.6) is 0 Å². The van der Waals surface area contributed by atoms with Crippen molar-refractivity contribution in [2.45, 2.75) is 20.4 Å². The van der Waals surface area contributed by atoms with Crippen LogP contribution in [-0.2, 0) is 6.54 Å². The van der Waals surface area contributed by atoms with E-state index in [9.17, 15) is 4.39 Å².